The molecule has 0 unspecified atom stereocenters. The third kappa shape index (κ3) is 3.49. The first kappa shape index (κ1) is 17.4. The standard InChI is InChI=1S/C16H12ClFN2O4S/c17-13-3-2-10(8-11(13)16(21)22)19-20-14-5-6-25(23,24)15-4-1-9(18)7-12(14)15/h1-4,7-8,19H,5-6H2,(H,21,22)/p-1. The molecule has 3 rings (SSSR count). The van der Waals surface area contributed by atoms with Crippen molar-refractivity contribution in [3.8, 4) is 0 Å². The van der Waals surface area contributed by atoms with E-state index in [4.69, 9.17) is 11.6 Å². The number of hydrazone groups is 1. The Hall–Kier alpha value is -2.45. The molecule has 0 spiro atoms. The van der Waals surface area contributed by atoms with Crippen LogP contribution < -0.4 is 10.5 Å². The van der Waals surface area contributed by atoms with E-state index in [1.807, 2.05) is 0 Å². The molecule has 0 atom stereocenters. The van der Waals surface area contributed by atoms with Gasteiger partial charge in [0.05, 0.1) is 28.0 Å². The number of hydrogen-bond acceptors (Lipinski definition) is 6. The normalized spacial score (nSPS) is 17.1. The van der Waals surface area contributed by atoms with Crippen LogP contribution in [0.3, 0.4) is 0 Å². The topological polar surface area (TPSA) is 98.7 Å². The third-order valence-corrected chi connectivity index (χ3v) is 5.80. The number of carbonyl (C=O) groups is 1. The number of halogens is 2. The largest absolute Gasteiger partial charge is 0.545 e. The monoisotopic (exact) mass is 381 g/mol. The summed E-state index contributed by atoms with van der Waals surface area (Å²) in [5, 5.41) is 15.1. The Bertz CT molecular complexity index is 1010. The number of rotatable bonds is 3. The van der Waals surface area contributed by atoms with Gasteiger partial charge in [0.1, 0.15) is 5.82 Å². The second kappa shape index (κ2) is 6.45. The van der Waals surface area contributed by atoms with Crippen LogP contribution in [0.15, 0.2) is 46.4 Å². The van der Waals surface area contributed by atoms with Gasteiger partial charge in [0.25, 0.3) is 0 Å². The number of benzene rings is 2. The molecule has 2 aromatic carbocycles. The van der Waals surface area contributed by atoms with Gasteiger partial charge in [0.2, 0.25) is 0 Å². The zero-order chi connectivity index (χ0) is 18.2. The van der Waals surface area contributed by atoms with E-state index in [2.05, 4.69) is 10.5 Å². The summed E-state index contributed by atoms with van der Waals surface area (Å²) in [6, 6.07) is 7.52. The van der Waals surface area contributed by atoms with Gasteiger partial charge in [-0.3, -0.25) is 5.43 Å². The molecule has 0 saturated heterocycles. The summed E-state index contributed by atoms with van der Waals surface area (Å²) < 4.78 is 37.7. The highest BCUT2D eigenvalue weighted by molar-refractivity contribution is 7.91. The summed E-state index contributed by atoms with van der Waals surface area (Å²) in [6.45, 7) is 0. The lowest BCUT2D eigenvalue weighted by Crippen LogP contribution is -2.23. The molecule has 9 heteroatoms. The number of fused-ring (bicyclic) bond motifs is 1. The summed E-state index contributed by atoms with van der Waals surface area (Å²) in [4.78, 5) is 11.0. The summed E-state index contributed by atoms with van der Waals surface area (Å²) >= 11 is 5.76. The van der Waals surface area contributed by atoms with Crippen molar-refractivity contribution >= 4 is 38.8 Å². The lowest BCUT2D eigenvalue weighted by Gasteiger charge is -2.18. The lowest BCUT2D eigenvalue weighted by molar-refractivity contribution is -0.255. The average molecular weight is 382 g/mol. The molecule has 1 N–H and O–H groups in total. The predicted octanol–water partition coefficient (Wildman–Crippen LogP) is 1.84. The van der Waals surface area contributed by atoms with Crippen LogP contribution in [0.4, 0.5) is 10.1 Å². The van der Waals surface area contributed by atoms with E-state index in [9.17, 15) is 22.7 Å². The van der Waals surface area contributed by atoms with Crippen LogP contribution >= 0.6 is 11.6 Å². The molecule has 0 bridgehead atoms. The number of anilines is 1. The van der Waals surface area contributed by atoms with Crippen molar-refractivity contribution in [2.24, 2.45) is 5.10 Å². The first-order chi connectivity index (χ1) is 11.8. The highest BCUT2D eigenvalue weighted by Gasteiger charge is 2.28. The van der Waals surface area contributed by atoms with Gasteiger partial charge >= 0.3 is 0 Å². The molecule has 130 valence electrons. The number of nitrogens with one attached hydrogen (secondary N) is 1. The zero-order valence-corrected chi connectivity index (χ0v) is 14.2. The first-order valence-electron chi connectivity index (χ1n) is 7.14. The number of hydrogen-bond donors (Lipinski definition) is 1. The fraction of sp³-hybridized carbons (Fsp3) is 0.125. The molecular weight excluding hydrogens is 371 g/mol. The van der Waals surface area contributed by atoms with Gasteiger partial charge in [-0.25, -0.2) is 12.8 Å². The second-order valence-electron chi connectivity index (χ2n) is 5.36. The minimum atomic E-state index is -3.48. The molecule has 6 nitrogen and oxygen atoms in total. The average Bonchev–Trinajstić information content (AvgIpc) is 2.55. The molecule has 0 aromatic heterocycles. The highest BCUT2D eigenvalue weighted by Crippen LogP contribution is 2.27. The zero-order valence-electron chi connectivity index (χ0n) is 12.6. The van der Waals surface area contributed by atoms with Gasteiger partial charge in [0.15, 0.2) is 9.84 Å². The molecular formula is C16H11ClFN2O4S-. The molecule has 1 heterocycles. The molecule has 0 amide bonds. The van der Waals surface area contributed by atoms with Gasteiger partial charge in [-0.15, -0.1) is 0 Å². The van der Waals surface area contributed by atoms with Gasteiger partial charge in [-0.1, -0.05) is 11.6 Å². The first-order valence-corrected chi connectivity index (χ1v) is 9.17. The Kier molecular flexibility index (Phi) is 4.49. The molecule has 0 saturated carbocycles. The predicted molar refractivity (Wildman–Crippen MR) is 89.0 cm³/mol. The highest BCUT2D eigenvalue weighted by atomic mass is 35.5. The Morgan fingerprint density at radius 3 is 2.72 bits per heavy atom. The maximum absolute atomic E-state index is 13.5. The summed E-state index contributed by atoms with van der Waals surface area (Å²) in [6.07, 6.45) is 0.104. The summed E-state index contributed by atoms with van der Waals surface area (Å²) in [7, 11) is -3.48. The van der Waals surface area contributed by atoms with Crippen molar-refractivity contribution in [3.05, 3.63) is 58.4 Å². The smallest absolute Gasteiger partial charge is 0.179 e. The minimum Gasteiger partial charge on any atom is -0.545 e. The van der Waals surface area contributed by atoms with E-state index in [1.165, 1.54) is 24.3 Å². The maximum Gasteiger partial charge on any atom is 0.179 e. The van der Waals surface area contributed by atoms with E-state index >= 15 is 0 Å². The Balaban J connectivity index is 1.97. The summed E-state index contributed by atoms with van der Waals surface area (Å²) in [5.74, 6) is -2.15. The van der Waals surface area contributed by atoms with Crippen molar-refractivity contribution in [2.75, 3.05) is 11.2 Å². The van der Waals surface area contributed by atoms with Crippen LogP contribution in [0.2, 0.25) is 5.02 Å². The fourth-order valence-corrected chi connectivity index (χ4v) is 4.14. The van der Waals surface area contributed by atoms with Crippen molar-refractivity contribution in [1.29, 1.82) is 0 Å². The van der Waals surface area contributed by atoms with E-state index in [1.54, 1.807) is 0 Å². The van der Waals surface area contributed by atoms with Crippen molar-refractivity contribution < 1.29 is 22.7 Å². The van der Waals surface area contributed by atoms with E-state index < -0.39 is 21.6 Å². The van der Waals surface area contributed by atoms with Crippen molar-refractivity contribution in [1.82, 2.24) is 0 Å². The molecule has 25 heavy (non-hydrogen) atoms. The van der Waals surface area contributed by atoms with Gasteiger partial charge in [-0.2, -0.15) is 5.10 Å². The SMILES string of the molecule is O=C([O-])c1cc(NN=C2CCS(=O)(=O)c3ccc(F)cc32)ccc1Cl. The van der Waals surface area contributed by atoms with Crippen LogP contribution in [0, 0.1) is 5.82 Å². The van der Waals surface area contributed by atoms with Crippen LogP contribution in [0.25, 0.3) is 0 Å². The molecule has 1 aliphatic rings. The number of carboxylic acids is 1. The van der Waals surface area contributed by atoms with Crippen LogP contribution in [-0.2, 0) is 9.84 Å². The molecule has 0 aliphatic carbocycles. The number of aromatic carboxylic acids is 1. The van der Waals surface area contributed by atoms with Crippen molar-refractivity contribution in [3.63, 3.8) is 0 Å². The fourth-order valence-electron chi connectivity index (χ4n) is 2.47. The summed E-state index contributed by atoms with van der Waals surface area (Å²) in [5.41, 5.74) is 3.31. The number of carbonyl (C=O) groups excluding carboxylic acids is 1. The van der Waals surface area contributed by atoms with E-state index in [0.29, 0.717) is 11.4 Å². The minimum absolute atomic E-state index is 0.0206. The molecule has 0 radical (unpaired) electrons. The number of nitrogens with zero attached hydrogens (tertiary/aromatic N) is 1. The number of sulfone groups is 1. The molecule has 2 aromatic rings. The lowest BCUT2D eigenvalue weighted by atomic mass is 10.1. The van der Waals surface area contributed by atoms with Crippen molar-refractivity contribution in [2.45, 2.75) is 11.3 Å². The Morgan fingerprint density at radius 2 is 2.00 bits per heavy atom. The third-order valence-electron chi connectivity index (χ3n) is 3.70. The maximum atomic E-state index is 13.5. The van der Waals surface area contributed by atoms with E-state index in [0.717, 1.165) is 12.1 Å². The van der Waals surface area contributed by atoms with Crippen LogP contribution in [0.1, 0.15) is 22.3 Å². The molecule has 0 fully saturated rings. The van der Waals surface area contributed by atoms with Gasteiger partial charge in [0, 0.05) is 22.6 Å². The second-order valence-corrected chi connectivity index (χ2v) is 7.85. The van der Waals surface area contributed by atoms with Gasteiger partial charge in [-0.05, 0) is 36.4 Å². The Labute approximate surface area is 147 Å². The van der Waals surface area contributed by atoms with Crippen LogP contribution in [0.5, 0.6) is 0 Å². The van der Waals surface area contributed by atoms with E-state index in [-0.39, 0.29) is 33.2 Å². The molecule has 1 aliphatic heterocycles. The quantitative estimate of drug-likeness (QED) is 0.646. The van der Waals surface area contributed by atoms with Crippen LogP contribution in [-0.4, -0.2) is 25.9 Å². The van der Waals surface area contributed by atoms with Gasteiger partial charge < -0.3 is 9.90 Å². The Morgan fingerprint density at radius 1 is 1.24 bits per heavy atom. The number of carboxylic acid groups (broad SMARTS) is 1.